The third-order valence-corrected chi connectivity index (χ3v) is 6.57. The first-order valence-electron chi connectivity index (χ1n) is 9.07. The molecular formula is C22H16FN3O3S. The van der Waals surface area contributed by atoms with Gasteiger partial charge in [0.25, 0.3) is 10.0 Å². The fourth-order valence-corrected chi connectivity index (χ4v) is 4.89. The van der Waals surface area contributed by atoms with Crippen molar-refractivity contribution in [2.45, 2.75) is 18.0 Å². The van der Waals surface area contributed by atoms with E-state index < -0.39 is 21.9 Å². The number of hydrogen-bond donors (Lipinski definition) is 0. The molecule has 4 rings (SSSR count). The molecule has 30 heavy (non-hydrogen) atoms. The molecule has 0 atom stereocenters. The number of sulfonamides is 1. The average molecular weight is 421 g/mol. The number of rotatable bonds is 4. The Bertz CT molecular complexity index is 1270. The van der Waals surface area contributed by atoms with E-state index >= 15 is 0 Å². The number of nitriles is 1. The van der Waals surface area contributed by atoms with Crippen molar-refractivity contribution in [1.29, 1.82) is 5.26 Å². The molecular weight excluding hydrogens is 405 g/mol. The van der Waals surface area contributed by atoms with Crippen molar-refractivity contribution in [2.24, 2.45) is 0 Å². The van der Waals surface area contributed by atoms with Crippen molar-refractivity contribution >= 4 is 21.7 Å². The van der Waals surface area contributed by atoms with Gasteiger partial charge in [-0.2, -0.15) is 5.26 Å². The zero-order chi connectivity index (χ0) is 21.3. The molecule has 0 spiro atoms. The molecule has 0 radical (unpaired) electrons. The summed E-state index contributed by atoms with van der Waals surface area (Å²) in [4.78, 5) is 14.7. The number of nitrogens with zero attached hydrogens (tertiary/aromatic N) is 3. The Morgan fingerprint density at radius 3 is 2.37 bits per heavy atom. The van der Waals surface area contributed by atoms with Gasteiger partial charge >= 0.3 is 6.03 Å². The summed E-state index contributed by atoms with van der Waals surface area (Å²) in [6, 6.07) is 19.7. The van der Waals surface area contributed by atoms with Crippen LogP contribution in [0.4, 0.5) is 14.9 Å². The van der Waals surface area contributed by atoms with E-state index in [2.05, 4.69) is 6.07 Å². The Labute approximate surface area is 173 Å². The van der Waals surface area contributed by atoms with Gasteiger partial charge in [0.1, 0.15) is 10.7 Å². The maximum absolute atomic E-state index is 13.3. The molecule has 0 saturated carbocycles. The number of carbonyl (C=O) groups is 1. The fraction of sp³-hybridized carbons (Fsp3) is 0.0909. The van der Waals surface area contributed by atoms with Crippen LogP contribution < -0.4 is 4.90 Å². The average Bonchev–Trinajstić information content (AvgIpc) is 2.76. The summed E-state index contributed by atoms with van der Waals surface area (Å²) in [5, 5.41) is 9.13. The maximum atomic E-state index is 13.3. The molecule has 6 nitrogen and oxygen atoms in total. The monoisotopic (exact) mass is 421 g/mol. The lowest BCUT2D eigenvalue weighted by atomic mass is 10.1. The third kappa shape index (κ3) is 3.51. The topological polar surface area (TPSA) is 81.5 Å². The lowest BCUT2D eigenvalue weighted by Gasteiger charge is -2.36. The van der Waals surface area contributed by atoms with Gasteiger partial charge < -0.3 is 0 Å². The zero-order valence-electron chi connectivity index (χ0n) is 15.7. The molecule has 8 heteroatoms. The number of hydrogen-bond acceptors (Lipinski definition) is 4. The number of para-hydroxylation sites is 1. The Morgan fingerprint density at radius 2 is 1.63 bits per heavy atom. The van der Waals surface area contributed by atoms with Crippen LogP contribution in [0.3, 0.4) is 0 Å². The van der Waals surface area contributed by atoms with E-state index in [1.807, 2.05) is 0 Å². The van der Waals surface area contributed by atoms with Crippen molar-refractivity contribution in [3.63, 3.8) is 0 Å². The van der Waals surface area contributed by atoms with Gasteiger partial charge in [-0.05, 0) is 47.5 Å². The van der Waals surface area contributed by atoms with Gasteiger partial charge in [0.05, 0.1) is 30.4 Å². The van der Waals surface area contributed by atoms with Crippen LogP contribution in [0.25, 0.3) is 0 Å². The van der Waals surface area contributed by atoms with Crippen molar-refractivity contribution in [3.05, 3.63) is 95.3 Å². The predicted molar refractivity (Wildman–Crippen MR) is 108 cm³/mol. The SMILES string of the molecule is N#Cc1cccc(CN2C(=O)N(Cc3ccc(F)cc3)S(=O)(=O)c3ccccc32)c1. The van der Waals surface area contributed by atoms with Crippen molar-refractivity contribution in [1.82, 2.24) is 4.31 Å². The minimum absolute atomic E-state index is 0.0168. The highest BCUT2D eigenvalue weighted by molar-refractivity contribution is 7.90. The largest absolute Gasteiger partial charge is 0.339 e. The summed E-state index contributed by atoms with van der Waals surface area (Å²) in [6.07, 6.45) is 0. The lowest BCUT2D eigenvalue weighted by Crippen LogP contribution is -2.49. The highest BCUT2D eigenvalue weighted by Crippen LogP contribution is 2.36. The Kier molecular flexibility index (Phi) is 4.98. The van der Waals surface area contributed by atoms with E-state index in [4.69, 9.17) is 5.26 Å². The summed E-state index contributed by atoms with van der Waals surface area (Å²) >= 11 is 0. The molecule has 3 aromatic rings. The molecule has 0 aromatic heterocycles. The highest BCUT2D eigenvalue weighted by atomic mass is 32.2. The van der Waals surface area contributed by atoms with Crippen LogP contribution in [0.5, 0.6) is 0 Å². The molecule has 0 fully saturated rings. The van der Waals surface area contributed by atoms with E-state index in [-0.39, 0.29) is 23.7 Å². The molecule has 0 aliphatic carbocycles. The molecule has 3 aromatic carbocycles. The van der Waals surface area contributed by atoms with E-state index in [0.717, 1.165) is 4.31 Å². The van der Waals surface area contributed by atoms with Crippen LogP contribution in [-0.4, -0.2) is 18.8 Å². The molecule has 0 bridgehead atoms. The van der Waals surface area contributed by atoms with Crippen LogP contribution in [0.1, 0.15) is 16.7 Å². The highest BCUT2D eigenvalue weighted by Gasteiger charge is 2.41. The van der Waals surface area contributed by atoms with Crippen LogP contribution in [0.2, 0.25) is 0 Å². The van der Waals surface area contributed by atoms with Gasteiger partial charge in [0.15, 0.2) is 0 Å². The number of halogens is 1. The van der Waals surface area contributed by atoms with E-state index in [1.54, 1.807) is 42.5 Å². The number of anilines is 1. The van der Waals surface area contributed by atoms with E-state index in [1.165, 1.54) is 35.2 Å². The molecule has 1 aliphatic rings. The van der Waals surface area contributed by atoms with Gasteiger partial charge in [-0.1, -0.05) is 36.4 Å². The Hall–Kier alpha value is -3.70. The number of urea groups is 1. The van der Waals surface area contributed by atoms with Crippen LogP contribution in [-0.2, 0) is 23.1 Å². The first-order chi connectivity index (χ1) is 14.4. The molecule has 0 unspecified atom stereocenters. The summed E-state index contributed by atoms with van der Waals surface area (Å²) in [5.74, 6) is -0.448. The van der Waals surface area contributed by atoms with Crippen LogP contribution >= 0.6 is 0 Å². The zero-order valence-corrected chi connectivity index (χ0v) is 16.5. The summed E-state index contributed by atoms with van der Waals surface area (Å²) in [7, 11) is -4.08. The maximum Gasteiger partial charge on any atom is 0.339 e. The quantitative estimate of drug-likeness (QED) is 0.637. The summed E-state index contributed by atoms with van der Waals surface area (Å²) < 4.78 is 40.3. The molecule has 0 N–H and O–H groups in total. The van der Waals surface area contributed by atoms with E-state index in [9.17, 15) is 17.6 Å². The van der Waals surface area contributed by atoms with Gasteiger partial charge in [-0.3, -0.25) is 4.90 Å². The smallest absolute Gasteiger partial charge is 0.288 e. The van der Waals surface area contributed by atoms with Gasteiger partial charge in [0, 0.05) is 0 Å². The van der Waals surface area contributed by atoms with Crippen LogP contribution in [0, 0.1) is 17.1 Å². The second-order valence-corrected chi connectivity index (χ2v) is 8.62. The Morgan fingerprint density at radius 1 is 0.900 bits per heavy atom. The minimum Gasteiger partial charge on any atom is -0.288 e. The first-order valence-corrected chi connectivity index (χ1v) is 10.5. The van der Waals surface area contributed by atoms with Crippen LogP contribution in [0.15, 0.2) is 77.7 Å². The van der Waals surface area contributed by atoms with Crippen molar-refractivity contribution in [2.75, 3.05) is 4.90 Å². The standard InChI is InChI=1S/C22H16FN3O3S/c23-19-10-8-16(9-11-19)15-26-22(27)25(14-18-5-3-4-17(12-18)13-24)20-6-1-2-7-21(20)30(26,28)29/h1-12H,14-15H2. The molecule has 0 saturated heterocycles. The third-order valence-electron chi connectivity index (χ3n) is 4.80. The number of amides is 2. The second-order valence-electron chi connectivity index (χ2n) is 6.79. The lowest BCUT2D eigenvalue weighted by molar-refractivity contribution is 0.226. The fourth-order valence-electron chi connectivity index (χ4n) is 3.34. The second kappa shape index (κ2) is 7.61. The molecule has 1 heterocycles. The number of fused-ring (bicyclic) bond motifs is 1. The summed E-state index contributed by atoms with van der Waals surface area (Å²) in [6.45, 7) is -0.120. The number of benzene rings is 3. The predicted octanol–water partition coefficient (Wildman–Crippen LogP) is 4.03. The molecule has 2 amide bonds. The van der Waals surface area contributed by atoms with Gasteiger partial charge in [-0.15, -0.1) is 0 Å². The molecule has 150 valence electrons. The van der Waals surface area contributed by atoms with Gasteiger partial charge in [0.2, 0.25) is 0 Å². The Balaban J connectivity index is 1.77. The molecule has 1 aliphatic heterocycles. The van der Waals surface area contributed by atoms with Crippen molar-refractivity contribution < 1.29 is 17.6 Å². The normalized spacial score (nSPS) is 14.9. The van der Waals surface area contributed by atoms with E-state index in [0.29, 0.717) is 16.7 Å². The van der Waals surface area contributed by atoms with Gasteiger partial charge in [-0.25, -0.2) is 21.9 Å². The first kappa shape index (κ1) is 19.6. The van der Waals surface area contributed by atoms with Crippen molar-refractivity contribution in [3.8, 4) is 6.07 Å². The minimum atomic E-state index is -4.08. The number of carbonyl (C=O) groups excluding carboxylic acids is 1. The summed E-state index contributed by atoms with van der Waals surface area (Å²) in [5.41, 5.74) is 1.90.